The maximum atomic E-state index is 10.5. The Hall–Kier alpha value is -4.65. The molecule has 3 atom stereocenters. The summed E-state index contributed by atoms with van der Waals surface area (Å²) in [4.78, 5) is 14.9. The minimum Gasteiger partial charge on any atom is -0.427 e. The van der Waals surface area contributed by atoms with Gasteiger partial charge in [-0.1, -0.05) is 134 Å². The van der Waals surface area contributed by atoms with E-state index in [0.717, 1.165) is 44.8 Å². The zero-order valence-corrected chi connectivity index (χ0v) is 30.9. The van der Waals surface area contributed by atoms with Crippen molar-refractivity contribution >= 4 is 23.7 Å². The average Bonchev–Trinajstić information content (AvgIpc) is 3.51. The van der Waals surface area contributed by atoms with Gasteiger partial charge in [0.1, 0.15) is 0 Å². The van der Waals surface area contributed by atoms with Gasteiger partial charge in [-0.3, -0.25) is 0 Å². The molecule has 6 aromatic rings. The number of aliphatic hydroxyl groups is 1. The van der Waals surface area contributed by atoms with Crippen LogP contribution in [0.15, 0.2) is 115 Å². The summed E-state index contributed by atoms with van der Waals surface area (Å²) in [5.41, 5.74) is 6.21. The first-order valence-electron chi connectivity index (χ1n) is 18.7. The number of rotatable bonds is 9. The van der Waals surface area contributed by atoms with Crippen molar-refractivity contribution < 1.29 is 9.76 Å². The average molecular weight is 685 g/mol. The van der Waals surface area contributed by atoms with Gasteiger partial charge in [-0.05, 0) is 97.7 Å². The fourth-order valence-corrected chi connectivity index (χ4v) is 8.21. The Morgan fingerprint density at radius 1 is 0.615 bits per heavy atom. The van der Waals surface area contributed by atoms with Crippen molar-refractivity contribution in [1.82, 2.24) is 15.0 Å². The van der Waals surface area contributed by atoms with Crippen molar-refractivity contribution in [1.29, 1.82) is 0 Å². The normalized spacial score (nSPS) is 20.3. The fourth-order valence-electron chi connectivity index (χ4n) is 8.21. The molecule has 2 bridgehead atoms. The summed E-state index contributed by atoms with van der Waals surface area (Å²) < 4.78 is 6.00. The summed E-state index contributed by atoms with van der Waals surface area (Å²) in [5, 5.41) is 12.6. The number of hydrogen-bond acceptors (Lipinski definition) is 5. The third-order valence-electron chi connectivity index (χ3n) is 11.9. The van der Waals surface area contributed by atoms with Crippen LogP contribution in [0, 0.1) is 11.8 Å². The van der Waals surface area contributed by atoms with E-state index in [4.69, 9.17) is 19.6 Å². The SMILES string of the molecule is CC1(c2ccc(-c3ccc(-c4nc(-c5ccccc5)nc(-c5ccc6cc([B]OC(C)(C)C(C)(C)O)ccc6c5)n4)cc3)cc2)C[C@@H]2CC[C@@H](C2)C1. The van der Waals surface area contributed by atoms with Gasteiger partial charge in [0.15, 0.2) is 17.5 Å². The molecule has 2 fully saturated rings. The smallest absolute Gasteiger partial charge is 0.330 e. The van der Waals surface area contributed by atoms with E-state index < -0.39 is 11.2 Å². The lowest BCUT2D eigenvalue weighted by Crippen LogP contribution is -2.49. The molecule has 2 aliphatic rings. The molecule has 52 heavy (non-hydrogen) atoms. The fraction of sp³-hybridized carbons (Fsp3) is 0.326. The van der Waals surface area contributed by atoms with Gasteiger partial charge in [-0.25, -0.2) is 15.0 Å². The van der Waals surface area contributed by atoms with Crippen LogP contribution in [0.25, 0.3) is 56.1 Å². The van der Waals surface area contributed by atoms with Gasteiger partial charge in [0, 0.05) is 16.7 Å². The molecule has 5 nitrogen and oxygen atoms in total. The van der Waals surface area contributed by atoms with E-state index in [1.165, 1.54) is 48.8 Å². The van der Waals surface area contributed by atoms with Crippen LogP contribution < -0.4 is 5.46 Å². The third-order valence-corrected chi connectivity index (χ3v) is 11.9. The van der Waals surface area contributed by atoms with Crippen LogP contribution in [0.1, 0.15) is 72.3 Å². The summed E-state index contributed by atoms with van der Waals surface area (Å²) in [6, 6.07) is 40.5. The van der Waals surface area contributed by atoms with Crippen LogP contribution in [-0.4, -0.2) is 38.7 Å². The molecule has 2 saturated carbocycles. The van der Waals surface area contributed by atoms with Crippen molar-refractivity contribution in [3.63, 3.8) is 0 Å². The Bertz CT molecular complexity index is 2200. The highest BCUT2D eigenvalue weighted by molar-refractivity contribution is 6.47. The van der Waals surface area contributed by atoms with Gasteiger partial charge in [-0.15, -0.1) is 0 Å². The van der Waals surface area contributed by atoms with Crippen LogP contribution in [0.2, 0.25) is 0 Å². The summed E-state index contributed by atoms with van der Waals surface area (Å²) in [6.07, 6.45) is 6.94. The monoisotopic (exact) mass is 684 g/mol. The lowest BCUT2D eigenvalue weighted by Gasteiger charge is -2.38. The van der Waals surface area contributed by atoms with Gasteiger partial charge in [-0.2, -0.15) is 0 Å². The molecule has 1 heterocycles. The zero-order chi connectivity index (χ0) is 36.1. The molecule has 0 spiro atoms. The van der Waals surface area contributed by atoms with Crippen LogP contribution in [0.3, 0.4) is 0 Å². The van der Waals surface area contributed by atoms with Crippen molar-refractivity contribution in [2.24, 2.45) is 11.8 Å². The zero-order valence-electron chi connectivity index (χ0n) is 30.9. The lowest BCUT2D eigenvalue weighted by molar-refractivity contribution is -0.0893. The lowest BCUT2D eigenvalue weighted by atomic mass is 9.66. The standard InChI is InChI=1S/C46H47BN3O2/c1-44(2,51)45(3,4)52-47-40-24-21-36-26-38(18-17-37(36)27-40)43-49-41(34-9-7-6-8-10-34)48-42(50-43)35-15-13-32(14-16-35)33-19-22-39(23-20-33)46(5)28-30-11-12-31(25-30)29-46/h6-10,13-24,26-27,30-31,51H,11-12,25,28-29H2,1-5H3/t30-,31+,46?. The number of hydrogen-bond donors (Lipinski definition) is 1. The second-order valence-electron chi connectivity index (χ2n) is 16.5. The molecular weight excluding hydrogens is 637 g/mol. The molecule has 0 saturated heterocycles. The largest absolute Gasteiger partial charge is 0.427 e. The van der Waals surface area contributed by atoms with E-state index >= 15 is 0 Å². The van der Waals surface area contributed by atoms with Crippen LogP contribution in [0.5, 0.6) is 0 Å². The minimum absolute atomic E-state index is 0.302. The molecule has 0 amide bonds. The first-order chi connectivity index (χ1) is 24.9. The van der Waals surface area contributed by atoms with Crippen LogP contribution >= 0.6 is 0 Å². The second-order valence-corrected chi connectivity index (χ2v) is 16.5. The molecule has 1 N–H and O–H groups in total. The molecule has 2 aliphatic carbocycles. The van der Waals surface area contributed by atoms with Crippen molar-refractivity contribution in [2.75, 3.05) is 0 Å². The summed E-state index contributed by atoms with van der Waals surface area (Å²) in [6.45, 7) is 9.77. The van der Waals surface area contributed by atoms with E-state index in [1.54, 1.807) is 21.3 Å². The quantitative estimate of drug-likeness (QED) is 0.154. The number of benzene rings is 5. The minimum atomic E-state index is -0.988. The molecule has 261 valence electrons. The van der Waals surface area contributed by atoms with Crippen molar-refractivity contribution in [2.45, 2.75) is 83.3 Å². The molecule has 0 aliphatic heterocycles. The Labute approximate surface area is 308 Å². The maximum Gasteiger partial charge on any atom is 0.330 e. The number of nitrogens with zero attached hydrogens (tertiary/aromatic N) is 3. The first kappa shape index (κ1) is 34.4. The Morgan fingerprint density at radius 3 is 1.73 bits per heavy atom. The molecule has 1 unspecified atom stereocenters. The predicted molar refractivity (Wildman–Crippen MR) is 213 cm³/mol. The summed E-state index contributed by atoms with van der Waals surface area (Å²) in [7, 11) is 1.72. The van der Waals surface area contributed by atoms with Gasteiger partial charge in [0.05, 0.1) is 11.2 Å². The van der Waals surface area contributed by atoms with E-state index in [-0.39, 0.29) is 0 Å². The molecule has 6 heteroatoms. The van der Waals surface area contributed by atoms with E-state index in [1.807, 2.05) is 50.2 Å². The van der Waals surface area contributed by atoms with Gasteiger partial charge in [0.2, 0.25) is 0 Å². The number of aromatic nitrogens is 3. The topological polar surface area (TPSA) is 68.1 Å². The summed E-state index contributed by atoms with van der Waals surface area (Å²) in [5.74, 6) is 3.73. The van der Waals surface area contributed by atoms with Gasteiger partial charge >= 0.3 is 7.48 Å². The Morgan fingerprint density at radius 2 is 1.12 bits per heavy atom. The third kappa shape index (κ3) is 6.94. The van der Waals surface area contributed by atoms with Crippen LogP contribution in [-0.2, 0) is 10.1 Å². The van der Waals surface area contributed by atoms with E-state index in [9.17, 15) is 5.11 Å². The van der Waals surface area contributed by atoms with Crippen molar-refractivity contribution in [3.8, 4) is 45.3 Å². The van der Waals surface area contributed by atoms with Crippen LogP contribution in [0.4, 0.5) is 0 Å². The van der Waals surface area contributed by atoms with Gasteiger partial charge in [0.25, 0.3) is 0 Å². The Balaban J connectivity index is 1.07. The van der Waals surface area contributed by atoms with Gasteiger partial charge < -0.3 is 9.76 Å². The second kappa shape index (κ2) is 13.4. The highest BCUT2D eigenvalue weighted by atomic mass is 16.5. The van der Waals surface area contributed by atoms with Crippen molar-refractivity contribution in [3.05, 3.63) is 121 Å². The number of fused-ring (bicyclic) bond motifs is 3. The highest BCUT2D eigenvalue weighted by Crippen LogP contribution is 2.51. The van der Waals surface area contributed by atoms with E-state index in [2.05, 4.69) is 85.8 Å². The molecule has 1 aromatic heterocycles. The predicted octanol–water partition coefficient (Wildman–Crippen LogP) is 9.97. The molecule has 8 rings (SSSR count). The van der Waals surface area contributed by atoms with E-state index in [0.29, 0.717) is 22.9 Å². The summed E-state index contributed by atoms with van der Waals surface area (Å²) >= 11 is 0. The molecular formula is C46H47BN3O2. The molecule has 1 radical (unpaired) electrons. The Kier molecular flexibility index (Phi) is 8.88. The molecule has 5 aromatic carbocycles. The highest BCUT2D eigenvalue weighted by Gasteiger charge is 2.41. The first-order valence-corrected chi connectivity index (χ1v) is 18.7. The maximum absolute atomic E-state index is 10.5.